The van der Waals surface area contributed by atoms with Gasteiger partial charge < -0.3 is 5.32 Å². The van der Waals surface area contributed by atoms with Crippen LogP contribution >= 0.6 is 23.1 Å². The molecule has 0 radical (unpaired) electrons. The Morgan fingerprint density at radius 3 is 2.88 bits per heavy atom. The molecule has 3 rings (SSSR count). The molecule has 2 heterocycles. The van der Waals surface area contributed by atoms with Gasteiger partial charge in [-0.2, -0.15) is 0 Å². The number of nitrogens with one attached hydrogen (secondary N) is 1. The summed E-state index contributed by atoms with van der Waals surface area (Å²) in [4.78, 5) is 32.3. The third kappa shape index (κ3) is 3.74. The number of aryl methyl sites for hydroxylation is 2. The average molecular weight is 392 g/mol. The Balaban J connectivity index is 1.94. The maximum atomic E-state index is 13.1. The minimum Gasteiger partial charge on any atom is -0.355 e. The summed E-state index contributed by atoms with van der Waals surface area (Å²) in [5.74, 6) is 0.370. The number of thiophene rings is 1. The molecule has 5 nitrogen and oxygen atoms in total. The second-order valence-corrected chi connectivity index (χ2v) is 9.43. The number of nitrogens with zero attached hydrogens (tertiary/aromatic N) is 2. The van der Waals surface area contributed by atoms with Crippen LogP contribution in [0.5, 0.6) is 0 Å². The number of fused-ring (bicyclic) bond motifs is 3. The van der Waals surface area contributed by atoms with Crippen LogP contribution in [0.2, 0.25) is 0 Å². The lowest BCUT2D eigenvalue weighted by Crippen LogP contribution is -2.34. The van der Waals surface area contributed by atoms with Gasteiger partial charge in [0.1, 0.15) is 4.83 Å². The maximum absolute atomic E-state index is 13.1. The van der Waals surface area contributed by atoms with Crippen LogP contribution in [-0.2, 0) is 24.2 Å². The first-order chi connectivity index (χ1) is 12.4. The SMILES string of the molecule is C=CCn1c(S[C@H](C)C(=O)NCC(C)C)nc2sc3c(c2c1=O)CCC3. The van der Waals surface area contributed by atoms with Crippen molar-refractivity contribution in [2.75, 3.05) is 6.54 Å². The second kappa shape index (κ2) is 7.96. The number of carbonyl (C=O) groups is 1. The molecular formula is C19H25N3O2S2. The topological polar surface area (TPSA) is 64.0 Å². The van der Waals surface area contributed by atoms with E-state index >= 15 is 0 Å². The van der Waals surface area contributed by atoms with Crippen LogP contribution in [-0.4, -0.2) is 27.3 Å². The third-order valence-corrected chi connectivity index (χ3v) is 6.71. The number of amides is 1. The number of hydrogen-bond acceptors (Lipinski definition) is 5. The van der Waals surface area contributed by atoms with Crippen LogP contribution < -0.4 is 10.9 Å². The van der Waals surface area contributed by atoms with Crippen LogP contribution in [0.1, 0.15) is 37.6 Å². The molecule has 0 saturated heterocycles. The predicted molar refractivity (Wildman–Crippen MR) is 109 cm³/mol. The smallest absolute Gasteiger partial charge is 0.263 e. The van der Waals surface area contributed by atoms with Crippen molar-refractivity contribution < 1.29 is 4.79 Å². The van der Waals surface area contributed by atoms with Gasteiger partial charge in [-0.3, -0.25) is 14.2 Å². The van der Waals surface area contributed by atoms with Crippen LogP contribution in [0.15, 0.2) is 22.6 Å². The Morgan fingerprint density at radius 1 is 1.42 bits per heavy atom. The zero-order valence-corrected chi connectivity index (χ0v) is 17.1. The molecule has 0 unspecified atom stereocenters. The molecule has 0 aromatic carbocycles. The fourth-order valence-corrected chi connectivity index (χ4v) is 5.34. The van der Waals surface area contributed by atoms with Crippen molar-refractivity contribution >= 4 is 39.2 Å². The molecule has 140 valence electrons. The first-order valence-corrected chi connectivity index (χ1v) is 10.7. The molecule has 0 fully saturated rings. The second-order valence-electron chi connectivity index (χ2n) is 7.04. The largest absolute Gasteiger partial charge is 0.355 e. The highest BCUT2D eigenvalue weighted by molar-refractivity contribution is 8.00. The average Bonchev–Trinajstić information content (AvgIpc) is 3.16. The van der Waals surface area contributed by atoms with Gasteiger partial charge in [0.2, 0.25) is 5.91 Å². The van der Waals surface area contributed by atoms with Gasteiger partial charge in [0.05, 0.1) is 10.6 Å². The predicted octanol–water partition coefficient (Wildman–Crippen LogP) is 3.39. The van der Waals surface area contributed by atoms with E-state index < -0.39 is 0 Å². The van der Waals surface area contributed by atoms with Gasteiger partial charge in [-0.1, -0.05) is 31.7 Å². The number of carbonyl (C=O) groups excluding carboxylic acids is 1. The summed E-state index contributed by atoms with van der Waals surface area (Å²) in [6, 6.07) is 0. The Kier molecular flexibility index (Phi) is 5.87. The summed E-state index contributed by atoms with van der Waals surface area (Å²) in [6.45, 7) is 10.8. The van der Waals surface area contributed by atoms with Crippen molar-refractivity contribution in [3.8, 4) is 0 Å². The molecule has 1 amide bonds. The fraction of sp³-hybridized carbons (Fsp3) is 0.526. The van der Waals surface area contributed by atoms with E-state index in [0.29, 0.717) is 24.2 Å². The van der Waals surface area contributed by atoms with E-state index in [4.69, 9.17) is 4.98 Å². The van der Waals surface area contributed by atoms with Gasteiger partial charge in [0, 0.05) is 18.0 Å². The Morgan fingerprint density at radius 2 is 2.19 bits per heavy atom. The quantitative estimate of drug-likeness (QED) is 0.446. The summed E-state index contributed by atoms with van der Waals surface area (Å²) in [7, 11) is 0. The third-order valence-electron chi connectivity index (χ3n) is 4.44. The molecule has 2 aromatic heterocycles. The molecule has 0 bridgehead atoms. The van der Waals surface area contributed by atoms with E-state index in [1.165, 1.54) is 22.2 Å². The normalized spacial score (nSPS) is 14.6. The van der Waals surface area contributed by atoms with Crippen LogP contribution in [0.4, 0.5) is 0 Å². The summed E-state index contributed by atoms with van der Waals surface area (Å²) in [5, 5.41) is 3.99. The number of thioether (sulfide) groups is 1. The van der Waals surface area contributed by atoms with E-state index in [2.05, 4.69) is 25.7 Å². The van der Waals surface area contributed by atoms with Gasteiger partial charge in [0.15, 0.2) is 5.16 Å². The molecule has 1 aliphatic carbocycles. The van der Waals surface area contributed by atoms with Crippen molar-refractivity contribution in [1.29, 1.82) is 0 Å². The monoisotopic (exact) mass is 391 g/mol. The molecule has 0 saturated carbocycles. The molecule has 2 aromatic rings. The molecule has 26 heavy (non-hydrogen) atoms. The lowest BCUT2D eigenvalue weighted by molar-refractivity contribution is -0.120. The molecule has 1 aliphatic rings. The first kappa shape index (κ1) is 19.2. The van der Waals surface area contributed by atoms with Crippen molar-refractivity contribution in [3.05, 3.63) is 33.4 Å². The Hall–Kier alpha value is -1.60. The van der Waals surface area contributed by atoms with Crippen molar-refractivity contribution in [2.45, 2.75) is 57.0 Å². The number of hydrogen-bond donors (Lipinski definition) is 1. The lowest BCUT2D eigenvalue weighted by Gasteiger charge is -2.15. The lowest BCUT2D eigenvalue weighted by atomic mass is 10.2. The highest BCUT2D eigenvalue weighted by Crippen LogP contribution is 2.36. The van der Waals surface area contributed by atoms with Gasteiger partial charge in [0.25, 0.3) is 5.56 Å². The van der Waals surface area contributed by atoms with Gasteiger partial charge in [-0.15, -0.1) is 17.9 Å². The summed E-state index contributed by atoms with van der Waals surface area (Å²) in [5.41, 5.74) is 1.17. The van der Waals surface area contributed by atoms with E-state index in [0.717, 1.165) is 29.5 Å². The zero-order chi connectivity index (χ0) is 18.8. The molecule has 1 N–H and O–H groups in total. The zero-order valence-electron chi connectivity index (χ0n) is 15.5. The number of aromatic nitrogens is 2. The molecular weight excluding hydrogens is 366 g/mol. The van der Waals surface area contributed by atoms with Crippen molar-refractivity contribution in [2.24, 2.45) is 5.92 Å². The Labute approximate surface area is 161 Å². The number of allylic oxidation sites excluding steroid dienone is 1. The van der Waals surface area contributed by atoms with E-state index in [9.17, 15) is 9.59 Å². The van der Waals surface area contributed by atoms with Gasteiger partial charge >= 0.3 is 0 Å². The molecule has 7 heteroatoms. The van der Waals surface area contributed by atoms with Gasteiger partial charge in [-0.05, 0) is 37.7 Å². The van der Waals surface area contributed by atoms with Gasteiger partial charge in [-0.25, -0.2) is 4.98 Å². The van der Waals surface area contributed by atoms with Crippen molar-refractivity contribution in [3.63, 3.8) is 0 Å². The van der Waals surface area contributed by atoms with E-state index in [1.807, 2.05) is 6.92 Å². The summed E-state index contributed by atoms with van der Waals surface area (Å²) < 4.78 is 1.65. The molecule has 1 atom stereocenters. The highest BCUT2D eigenvalue weighted by Gasteiger charge is 2.24. The summed E-state index contributed by atoms with van der Waals surface area (Å²) >= 11 is 2.97. The minimum atomic E-state index is -0.319. The van der Waals surface area contributed by atoms with Crippen LogP contribution in [0.3, 0.4) is 0 Å². The van der Waals surface area contributed by atoms with E-state index in [1.54, 1.807) is 22.0 Å². The summed E-state index contributed by atoms with van der Waals surface area (Å²) in [6.07, 6.45) is 4.81. The first-order valence-electron chi connectivity index (χ1n) is 9.02. The van der Waals surface area contributed by atoms with Crippen LogP contribution in [0.25, 0.3) is 10.2 Å². The minimum absolute atomic E-state index is 0.00779. The molecule has 0 spiro atoms. The maximum Gasteiger partial charge on any atom is 0.263 e. The Bertz CT molecular complexity index is 898. The van der Waals surface area contributed by atoms with Crippen molar-refractivity contribution in [1.82, 2.24) is 14.9 Å². The van der Waals surface area contributed by atoms with E-state index in [-0.39, 0.29) is 16.7 Å². The fourth-order valence-electron chi connectivity index (χ4n) is 3.10. The number of rotatable bonds is 7. The highest BCUT2D eigenvalue weighted by atomic mass is 32.2. The standard InChI is InChI=1S/C19H25N3O2S2/c1-5-9-22-18(24)15-13-7-6-8-14(13)26-17(15)21-19(22)25-12(4)16(23)20-10-11(2)3/h5,11-12H,1,6-10H2,2-4H3,(H,20,23)/t12-/m1/s1. The van der Waals surface area contributed by atoms with Crippen LogP contribution in [0, 0.1) is 5.92 Å². The molecule has 0 aliphatic heterocycles.